The van der Waals surface area contributed by atoms with Crippen molar-refractivity contribution >= 4 is 5.97 Å². The van der Waals surface area contributed by atoms with Gasteiger partial charge in [-0.1, -0.05) is 6.07 Å². The number of carboxylic acids is 1. The Morgan fingerprint density at radius 2 is 2.00 bits per heavy atom. The average Bonchev–Trinajstić information content (AvgIpc) is 2.52. The summed E-state index contributed by atoms with van der Waals surface area (Å²) in [6.45, 7) is 4.93. The van der Waals surface area contributed by atoms with E-state index < -0.39 is 18.0 Å². The van der Waals surface area contributed by atoms with Crippen molar-refractivity contribution in [3.05, 3.63) is 23.8 Å². The fraction of sp³-hybridized carbons (Fsp3) is 0.588. The Morgan fingerprint density at radius 1 is 1.33 bits per heavy atom. The third kappa shape index (κ3) is 5.06. The first-order valence-corrected chi connectivity index (χ1v) is 8.06. The van der Waals surface area contributed by atoms with Crippen molar-refractivity contribution in [1.82, 2.24) is 4.90 Å². The summed E-state index contributed by atoms with van der Waals surface area (Å²) < 4.78 is 37.3. The Kier molecular flexibility index (Phi) is 5.99. The van der Waals surface area contributed by atoms with Crippen molar-refractivity contribution < 1.29 is 28.2 Å². The van der Waals surface area contributed by atoms with Gasteiger partial charge >= 0.3 is 5.97 Å². The molecule has 0 spiro atoms. The number of nitrogens with zero attached hydrogens (tertiary/aromatic N) is 1. The van der Waals surface area contributed by atoms with Crippen LogP contribution >= 0.6 is 0 Å². The van der Waals surface area contributed by atoms with E-state index in [2.05, 4.69) is 0 Å². The van der Waals surface area contributed by atoms with Gasteiger partial charge in [-0.05, 0) is 31.5 Å². The Morgan fingerprint density at radius 3 is 2.58 bits per heavy atom. The fourth-order valence-corrected chi connectivity index (χ4v) is 2.55. The van der Waals surface area contributed by atoms with Gasteiger partial charge in [-0.2, -0.15) is 0 Å². The van der Waals surface area contributed by atoms with E-state index in [-0.39, 0.29) is 12.8 Å². The molecule has 2 rings (SSSR count). The first kappa shape index (κ1) is 18.4. The van der Waals surface area contributed by atoms with Crippen molar-refractivity contribution in [1.29, 1.82) is 0 Å². The lowest BCUT2D eigenvalue weighted by molar-refractivity contribution is -0.144. The average molecular weight is 343 g/mol. The number of ether oxygens (including phenoxy) is 2. The maximum Gasteiger partial charge on any atom is 0.344 e. The number of likely N-dealkylation sites (tertiary alicyclic amines) is 1. The van der Waals surface area contributed by atoms with Gasteiger partial charge in [-0.15, -0.1) is 0 Å². The van der Waals surface area contributed by atoms with Crippen LogP contribution in [0.25, 0.3) is 0 Å². The first-order chi connectivity index (χ1) is 11.3. The summed E-state index contributed by atoms with van der Waals surface area (Å²) in [4.78, 5) is 12.9. The molecule has 1 N–H and O–H groups in total. The van der Waals surface area contributed by atoms with Gasteiger partial charge in [-0.3, -0.25) is 4.90 Å². The molecule has 134 valence electrons. The Bertz CT molecular complexity index is 570. The van der Waals surface area contributed by atoms with Crippen molar-refractivity contribution in [2.75, 3.05) is 19.7 Å². The molecule has 5 nitrogen and oxygen atoms in total. The zero-order valence-electron chi connectivity index (χ0n) is 13.9. The summed E-state index contributed by atoms with van der Waals surface area (Å²) in [5.74, 6) is -2.79. The summed E-state index contributed by atoms with van der Waals surface area (Å²) in [6.07, 6.45) is -1.23. The molecule has 0 saturated carbocycles. The zero-order valence-corrected chi connectivity index (χ0v) is 13.9. The second kappa shape index (κ2) is 7.79. The van der Waals surface area contributed by atoms with Crippen LogP contribution in [0.2, 0.25) is 0 Å². The molecule has 0 unspecified atom stereocenters. The predicted octanol–water partition coefficient (Wildman–Crippen LogP) is 3.17. The molecule has 1 heterocycles. The van der Waals surface area contributed by atoms with Gasteiger partial charge in [-0.25, -0.2) is 13.6 Å². The molecule has 1 aliphatic heterocycles. The van der Waals surface area contributed by atoms with E-state index in [0.29, 0.717) is 37.7 Å². The molecule has 0 radical (unpaired) electrons. The first-order valence-electron chi connectivity index (χ1n) is 8.06. The lowest BCUT2D eigenvalue weighted by atomic mass is 10.1. The molecule has 0 aromatic heterocycles. The van der Waals surface area contributed by atoms with Crippen LogP contribution in [0.4, 0.5) is 8.78 Å². The molecule has 0 amide bonds. The van der Waals surface area contributed by atoms with Crippen LogP contribution in [0, 0.1) is 0 Å². The van der Waals surface area contributed by atoms with Crippen LogP contribution in [0.1, 0.15) is 32.3 Å². The Hall–Kier alpha value is -1.89. The van der Waals surface area contributed by atoms with E-state index in [4.69, 9.17) is 14.6 Å². The molecular weight excluding hydrogens is 320 g/mol. The fourth-order valence-electron chi connectivity index (χ4n) is 2.55. The smallest absolute Gasteiger partial charge is 0.344 e. The zero-order chi connectivity index (χ0) is 17.7. The van der Waals surface area contributed by atoms with E-state index in [1.54, 1.807) is 18.2 Å². The van der Waals surface area contributed by atoms with Gasteiger partial charge in [0.2, 0.25) is 0 Å². The van der Waals surface area contributed by atoms with Gasteiger partial charge in [0, 0.05) is 32.5 Å². The predicted molar refractivity (Wildman–Crippen MR) is 84.8 cm³/mol. The third-order valence-corrected chi connectivity index (χ3v) is 3.95. The van der Waals surface area contributed by atoms with Crippen LogP contribution < -0.4 is 9.47 Å². The van der Waals surface area contributed by atoms with E-state index in [1.165, 1.54) is 6.92 Å². The number of carbonyl (C=O) groups is 1. The van der Waals surface area contributed by atoms with Crippen LogP contribution in [-0.2, 0) is 11.3 Å². The number of alkyl halides is 2. The number of rotatable bonds is 7. The van der Waals surface area contributed by atoms with Gasteiger partial charge in [0.1, 0.15) is 0 Å². The SMILES string of the molecule is CCOc1cc(CN2CCC(F)(F)CC2)ccc1O[C@@H](C)C(=O)O. The minimum Gasteiger partial charge on any atom is -0.490 e. The topological polar surface area (TPSA) is 59.0 Å². The van der Waals surface area contributed by atoms with Crippen molar-refractivity contribution in [3.8, 4) is 11.5 Å². The van der Waals surface area contributed by atoms with Crippen molar-refractivity contribution in [3.63, 3.8) is 0 Å². The number of aliphatic carboxylic acids is 1. The second-order valence-electron chi connectivity index (χ2n) is 5.94. The number of hydrogen-bond acceptors (Lipinski definition) is 4. The van der Waals surface area contributed by atoms with Crippen LogP contribution in [-0.4, -0.2) is 47.7 Å². The molecule has 1 aromatic rings. The van der Waals surface area contributed by atoms with E-state index >= 15 is 0 Å². The molecule has 24 heavy (non-hydrogen) atoms. The summed E-state index contributed by atoms with van der Waals surface area (Å²) >= 11 is 0. The largest absolute Gasteiger partial charge is 0.490 e. The van der Waals surface area contributed by atoms with Crippen LogP contribution in [0.5, 0.6) is 11.5 Å². The molecule has 1 atom stereocenters. The quantitative estimate of drug-likeness (QED) is 0.824. The molecule has 1 aromatic carbocycles. The minimum absolute atomic E-state index is 0.122. The highest BCUT2D eigenvalue weighted by molar-refractivity contribution is 5.72. The Labute approximate surface area is 140 Å². The number of halogens is 2. The number of benzene rings is 1. The second-order valence-corrected chi connectivity index (χ2v) is 5.94. The number of hydrogen-bond donors (Lipinski definition) is 1. The standard InChI is InChI=1S/C17H23F2NO4/c1-3-23-15-10-13(4-5-14(15)24-12(2)16(21)22)11-20-8-6-17(18,19)7-9-20/h4-5,10,12H,3,6-9,11H2,1-2H3,(H,21,22)/t12-/m0/s1. The number of carboxylic acid groups (broad SMARTS) is 1. The molecular formula is C17H23F2NO4. The van der Waals surface area contributed by atoms with Crippen molar-refractivity contribution in [2.45, 2.75) is 45.3 Å². The highest BCUT2D eigenvalue weighted by atomic mass is 19.3. The monoisotopic (exact) mass is 343 g/mol. The lowest BCUT2D eigenvalue weighted by Crippen LogP contribution is -2.38. The van der Waals surface area contributed by atoms with E-state index in [0.717, 1.165) is 5.56 Å². The van der Waals surface area contributed by atoms with Crippen molar-refractivity contribution in [2.24, 2.45) is 0 Å². The van der Waals surface area contributed by atoms with Gasteiger partial charge in [0.05, 0.1) is 6.61 Å². The minimum atomic E-state index is -2.56. The molecule has 1 aliphatic rings. The lowest BCUT2D eigenvalue weighted by Gasteiger charge is -2.31. The van der Waals surface area contributed by atoms with Gasteiger partial charge < -0.3 is 14.6 Å². The van der Waals surface area contributed by atoms with E-state index in [9.17, 15) is 13.6 Å². The summed E-state index contributed by atoms with van der Waals surface area (Å²) in [7, 11) is 0. The summed E-state index contributed by atoms with van der Waals surface area (Å²) in [6, 6.07) is 5.25. The third-order valence-electron chi connectivity index (χ3n) is 3.95. The maximum absolute atomic E-state index is 13.2. The summed E-state index contributed by atoms with van der Waals surface area (Å²) in [5, 5.41) is 8.94. The Balaban J connectivity index is 2.06. The van der Waals surface area contributed by atoms with Crippen LogP contribution in [0.15, 0.2) is 18.2 Å². The molecule has 7 heteroatoms. The summed E-state index contributed by atoms with van der Waals surface area (Å²) in [5.41, 5.74) is 0.916. The maximum atomic E-state index is 13.2. The molecule has 1 fully saturated rings. The molecule has 0 aliphatic carbocycles. The normalized spacial score (nSPS) is 18.8. The number of piperidine rings is 1. The highest BCUT2D eigenvalue weighted by Gasteiger charge is 2.33. The van der Waals surface area contributed by atoms with Gasteiger partial charge in [0.25, 0.3) is 5.92 Å². The molecule has 1 saturated heterocycles. The van der Waals surface area contributed by atoms with E-state index in [1.807, 2.05) is 11.8 Å². The van der Waals surface area contributed by atoms with Crippen LogP contribution in [0.3, 0.4) is 0 Å². The molecule has 0 bridgehead atoms. The highest BCUT2D eigenvalue weighted by Crippen LogP contribution is 2.32. The van der Waals surface area contributed by atoms with Gasteiger partial charge in [0.15, 0.2) is 17.6 Å².